The van der Waals surface area contributed by atoms with Crippen molar-refractivity contribution in [2.24, 2.45) is 4.36 Å². The summed E-state index contributed by atoms with van der Waals surface area (Å²) in [6.07, 6.45) is 3.71. The molecule has 0 radical (unpaired) electrons. The molecule has 0 heterocycles. The fourth-order valence-electron chi connectivity index (χ4n) is 0.887. The quantitative estimate of drug-likeness (QED) is 0.675. The summed E-state index contributed by atoms with van der Waals surface area (Å²) < 4.78 is 8.76. The summed E-state index contributed by atoms with van der Waals surface area (Å²) >= 11 is 0. The highest BCUT2D eigenvalue weighted by molar-refractivity contribution is 7.86. The minimum Gasteiger partial charge on any atom is -0.497 e. The van der Waals surface area contributed by atoms with Crippen molar-refractivity contribution in [3.05, 3.63) is 24.3 Å². The van der Waals surface area contributed by atoms with Crippen LogP contribution in [0.25, 0.3) is 0 Å². The third kappa shape index (κ3) is 2.56. The summed E-state index contributed by atoms with van der Waals surface area (Å²) in [5, 5.41) is 8.36. The van der Waals surface area contributed by atoms with E-state index in [4.69, 9.17) is 10.00 Å². The van der Waals surface area contributed by atoms with Crippen LogP contribution in [0.1, 0.15) is 0 Å². The Kier molecular flexibility index (Phi) is 3.47. The molecule has 0 amide bonds. The SMILES string of the molecule is COc1ccc(S(C)=NC#N)cc1. The first-order valence-electron chi connectivity index (χ1n) is 3.68. The zero-order valence-corrected chi connectivity index (χ0v) is 8.34. The number of hydrogen-bond acceptors (Lipinski definition) is 3. The zero-order valence-electron chi connectivity index (χ0n) is 7.52. The Morgan fingerprint density at radius 3 is 2.46 bits per heavy atom. The maximum Gasteiger partial charge on any atom is 0.212 e. The zero-order chi connectivity index (χ0) is 9.68. The van der Waals surface area contributed by atoms with Gasteiger partial charge in [0.2, 0.25) is 6.19 Å². The fraction of sp³-hybridized carbons (Fsp3) is 0.222. The molecule has 68 valence electrons. The van der Waals surface area contributed by atoms with E-state index in [1.807, 2.05) is 30.5 Å². The second-order valence-electron chi connectivity index (χ2n) is 2.34. The van der Waals surface area contributed by atoms with Crippen molar-refractivity contribution in [1.29, 1.82) is 5.26 Å². The summed E-state index contributed by atoms with van der Waals surface area (Å²) in [6, 6.07) is 7.57. The summed E-state index contributed by atoms with van der Waals surface area (Å²) in [6.45, 7) is 0. The minimum atomic E-state index is -0.335. The molecule has 4 heteroatoms. The van der Waals surface area contributed by atoms with Crippen LogP contribution in [-0.4, -0.2) is 13.4 Å². The maximum absolute atomic E-state index is 8.36. The van der Waals surface area contributed by atoms with Gasteiger partial charge >= 0.3 is 0 Å². The van der Waals surface area contributed by atoms with Gasteiger partial charge in [0.05, 0.1) is 7.11 Å². The number of nitrogens with zero attached hydrogens (tertiary/aromatic N) is 2. The summed E-state index contributed by atoms with van der Waals surface area (Å²) in [7, 11) is 1.29. The first kappa shape index (κ1) is 9.75. The van der Waals surface area contributed by atoms with Crippen LogP contribution in [0.3, 0.4) is 0 Å². The van der Waals surface area contributed by atoms with Crippen LogP contribution in [0.2, 0.25) is 0 Å². The van der Waals surface area contributed by atoms with Crippen molar-refractivity contribution in [3.8, 4) is 11.9 Å². The molecule has 0 N–H and O–H groups in total. The van der Waals surface area contributed by atoms with E-state index in [9.17, 15) is 0 Å². The molecule has 0 bridgehead atoms. The van der Waals surface area contributed by atoms with Gasteiger partial charge in [-0.05, 0) is 30.5 Å². The third-order valence-electron chi connectivity index (χ3n) is 1.58. The summed E-state index contributed by atoms with van der Waals surface area (Å²) in [5.41, 5.74) is 0. The van der Waals surface area contributed by atoms with Gasteiger partial charge in [-0.3, -0.25) is 0 Å². The van der Waals surface area contributed by atoms with Crippen LogP contribution in [0.4, 0.5) is 0 Å². The Morgan fingerprint density at radius 2 is 2.00 bits per heavy atom. The van der Waals surface area contributed by atoms with Crippen molar-refractivity contribution in [2.75, 3.05) is 13.4 Å². The standard InChI is InChI=1S/C9H10N2OS/c1-12-8-3-5-9(6-4-8)13(2)11-7-10/h3-6H,1-2H3. The Labute approximate surface area is 80.1 Å². The lowest BCUT2D eigenvalue weighted by Gasteiger charge is -2.01. The highest BCUT2D eigenvalue weighted by atomic mass is 32.2. The lowest BCUT2D eigenvalue weighted by Crippen LogP contribution is -1.87. The number of hydrogen-bond donors (Lipinski definition) is 0. The van der Waals surface area contributed by atoms with Gasteiger partial charge in [0, 0.05) is 4.90 Å². The van der Waals surface area contributed by atoms with Crippen molar-refractivity contribution in [3.63, 3.8) is 0 Å². The maximum atomic E-state index is 8.36. The predicted octanol–water partition coefficient (Wildman–Crippen LogP) is 1.97. The van der Waals surface area contributed by atoms with Crippen molar-refractivity contribution in [1.82, 2.24) is 0 Å². The molecule has 1 atom stereocenters. The largest absolute Gasteiger partial charge is 0.497 e. The molecule has 0 saturated heterocycles. The number of methoxy groups -OCH3 is 1. The van der Waals surface area contributed by atoms with E-state index in [0.717, 1.165) is 10.6 Å². The fourth-order valence-corrected chi connectivity index (χ4v) is 1.64. The Morgan fingerprint density at radius 1 is 1.38 bits per heavy atom. The first-order chi connectivity index (χ1) is 6.27. The van der Waals surface area contributed by atoms with Gasteiger partial charge in [-0.25, -0.2) is 0 Å². The number of benzene rings is 1. The van der Waals surface area contributed by atoms with Gasteiger partial charge in [0.25, 0.3) is 0 Å². The van der Waals surface area contributed by atoms with Gasteiger partial charge in [-0.1, -0.05) is 10.7 Å². The van der Waals surface area contributed by atoms with E-state index in [-0.39, 0.29) is 10.7 Å². The van der Waals surface area contributed by atoms with Crippen LogP contribution < -0.4 is 4.74 Å². The smallest absolute Gasteiger partial charge is 0.212 e. The lowest BCUT2D eigenvalue weighted by atomic mass is 10.3. The van der Waals surface area contributed by atoms with Gasteiger partial charge in [0.15, 0.2) is 0 Å². The second-order valence-corrected chi connectivity index (χ2v) is 3.95. The molecule has 1 rings (SSSR count). The van der Waals surface area contributed by atoms with Gasteiger partial charge in [-0.2, -0.15) is 5.26 Å². The summed E-state index contributed by atoms with van der Waals surface area (Å²) in [5.74, 6) is 0.817. The third-order valence-corrected chi connectivity index (χ3v) is 2.89. The highest BCUT2D eigenvalue weighted by Gasteiger charge is 1.95. The molecule has 0 aliphatic rings. The summed E-state index contributed by atoms with van der Waals surface area (Å²) in [4.78, 5) is 1.04. The second kappa shape index (κ2) is 4.63. The Bertz CT molecular complexity index is 351. The van der Waals surface area contributed by atoms with Crippen LogP contribution in [0.15, 0.2) is 33.5 Å². The molecule has 3 nitrogen and oxygen atoms in total. The van der Waals surface area contributed by atoms with Gasteiger partial charge < -0.3 is 4.74 Å². The van der Waals surface area contributed by atoms with Gasteiger partial charge in [0.1, 0.15) is 5.75 Å². The van der Waals surface area contributed by atoms with E-state index in [1.54, 1.807) is 13.3 Å². The topological polar surface area (TPSA) is 45.4 Å². The lowest BCUT2D eigenvalue weighted by molar-refractivity contribution is 0.414. The number of rotatable bonds is 2. The molecule has 1 aromatic rings. The minimum absolute atomic E-state index is 0.335. The first-order valence-corrected chi connectivity index (χ1v) is 5.27. The van der Waals surface area contributed by atoms with Crippen molar-refractivity contribution < 1.29 is 4.74 Å². The van der Waals surface area contributed by atoms with Crippen molar-refractivity contribution >= 4 is 10.7 Å². The molecule has 13 heavy (non-hydrogen) atoms. The average Bonchev–Trinajstić information content (AvgIpc) is 2.18. The predicted molar refractivity (Wildman–Crippen MR) is 52.6 cm³/mol. The molecule has 0 aromatic heterocycles. The van der Waals surface area contributed by atoms with Crippen LogP contribution in [0, 0.1) is 11.5 Å². The van der Waals surface area contributed by atoms with Crippen LogP contribution in [0.5, 0.6) is 5.75 Å². The normalized spacial score (nSPS) is 12.1. The van der Waals surface area contributed by atoms with Crippen LogP contribution >= 0.6 is 0 Å². The molecular weight excluding hydrogens is 184 g/mol. The molecule has 0 spiro atoms. The number of ether oxygens (including phenoxy) is 1. The molecule has 0 saturated carbocycles. The van der Waals surface area contributed by atoms with Crippen molar-refractivity contribution in [2.45, 2.75) is 4.90 Å². The molecule has 1 unspecified atom stereocenters. The highest BCUT2D eigenvalue weighted by Crippen LogP contribution is 2.14. The number of nitriles is 1. The van der Waals surface area contributed by atoms with E-state index in [1.165, 1.54) is 0 Å². The molecule has 0 aliphatic carbocycles. The van der Waals surface area contributed by atoms with E-state index >= 15 is 0 Å². The van der Waals surface area contributed by atoms with Gasteiger partial charge in [-0.15, -0.1) is 4.36 Å². The molecule has 0 fully saturated rings. The Balaban J connectivity index is 2.94. The van der Waals surface area contributed by atoms with E-state index < -0.39 is 0 Å². The monoisotopic (exact) mass is 194 g/mol. The van der Waals surface area contributed by atoms with E-state index in [2.05, 4.69) is 4.36 Å². The van der Waals surface area contributed by atoms with E-state index in [0.29, 0.717) is 0 Å². The molecule has 0 aliphatic heterocycles. The molecular formula is C9H10N2OS. The average molecular weight is 194 g/mol. The Hall–Kier alpha value is -1.34. The van der Waals surface area contributed by atoms with Crippen LogP contribution in [-0.2, 0) is 10.7 Å². The molecule has 1 aromatic carbocycles.